The topological polar surface area (TPSA) is 29.9 Å². The second kappa shape index (κ2) is 4.16. The number of imidazole rings is 1. The molecule has 0 atom stereocenters. The molecule has 1 aromatic carbocycles. The van der Waals surface area contributed by atoms with Crippen LogP contribution >= 0.6 is 0 Å². The predicted molar refractivity (Wildman–Crippen MR) is 74.4 cm³/mol. The average Bonchev–Trinajstić information content (AvgIpc) is 3.05. The molecular formula is C15H19N3. The molecule has 2 aromatic rings. The summed E-state index contributed by atoms with van der Waals surface area (Å²) in [5, 5.41) is 3.50. The highest BCUT2D eigenvalue weighted by atomic mass is 15.2. The summed E-state index contributed by atoms with van der Waals surface area (Å²) in [7, 11) is 0. The van der Waals surface area contributed by atoms with Gasteiger partial charge in [0.2, 0.25) is 5.95 Å². The van der Waals surface area contributed by atoms with E-state index in [2.05, 4.69) is 53.1 Å². The van der Waals surface area contributed by atoms with Crippen molar-refractivity contribution in [2.45, 2.75) is 39.7 Å². The third-order valence-corrected chi connectivity index (χ3v) is 3.36. The summed E-state index contributed by atoms with van der Waals surface area (Å²) in [5.41, 5.74) is 4.83. The second-order valence-electron chi connectivity index (χ2n) is 5.28. The van der Waals surface area contributed by atoms with Gasteiger partial charge in [-0.3, -0.25) is 4.57 Å². The van der Waals surface area contributed by atoms with E-state index in [0.29, 0.717) is 6.04 Å². The molecule has 0 bridgehead atoms. The molecule has 3 nitrogen and oxygen atoms in total. The predicted octanol–water partition coefficient (Wildman–Crippen LogP) is 3.37. The van der Waals surface area contributed by atoms with Crippen LogP contribution in [-0.4, -0.2) is 15.6 Å². The van der Waals surface area contributed by atoms with E-state index in [0.717, 1.165) is 11.6 Å². The van der Waals surface area contributed by atoms with Gasteiger partial charge in [0, 0.05) is 12.2 Å². The van der Waals surface area contributed by atoms with E-state index in [1.54, 1.807) is 0 Å². The number of hydrogen-bond donors (Lipinski definition) is 1. The minimum Gasteiger partial charge on any atom is -0.353 e. The van der Waals surface area contributed by atoms with Gasteiger partial charge in [-0.15, -0.1) is 0 Å². The van der Waals surface area contributed by atoms with Crippen LogP contribution < -0.4 is 5.32 Å². The number of nitrogens with one attached hydrogen (secondary N) is 1. The molecule has 0 spiro atoms. The molecule has 3 rings (SSSR count). The van der Waals surface area contributed by atoms with E-state index in [4.69, 9.17) is 0 Å². The van der Waals surface area contributed by atoms with Gasteiger partial charge in [-0.05, 0) is 50.8 Å². The Morgan fingerprint density at radius 3 is 2.72 bits per heavy atom. The molecule has 18 heavy (non-hydrogen) atoms. The zero-order valence-corrected chi connectivity index (χ0v) is 11.2. The van der Waals surface area contributed by atoms with Crippen LogP contribution in [0.3, 0.4) is 0 Å². The minimum absolute atomic E-state index is 0.621. The summed E-state index contributed by atoms with van der Waals surface area (Å²) in [6.07, 6.45) is 4.63. The van der Waals surface area contributed by atoms with Gasteiger partial charge in [-0.25, -0.2) is 4.98 Å². The Morgan fingerprint density at radius 2 is 2.00 bits per heavy atom. The van der Waals surface area contributed by atoms with Crippen molar-refractivity contribution in [1.82, 2.24) is 9.55 Å². The molecule has 0 amide bonds. The molecule has 3 heteroatoms. The third kappa shape index (κ3) is 2.13. The van der Waals surface area contributed by atoms with Gasteiger partial charge >= 0.3 is 0 Å². The van der Waals surface area contributed by atoms with Crippen LogP contribution in [0.25, 0.3) is 5.69 Å². The van der Waals surface area contributed by atoms with Crippen LogP contribution in [0.1, 0.15) is 29.7 Å². The number of hydrogen-bond acceptors (Lipinski definition) is 2. The fourth-order valence-corrected chi connectivity index (χ4v) is 2.17. The first kappa shape index (κ1) is 11.3. The van der Waals surface area contributed by atoms with Crippen LogP contribution in [-0.2, 0) is 0 Å². The highest BCUT2D eigenvalue weighted by Gasteiger charge is 2.23. The summed E-state index contributed by atoms with van der Waals surface area (Å²) in [4.78, 5) is 4.59. The van der Waals surface area contributed by atoms with Gasteiger partial charge in [0.25, 0.3) is 0 Å². The molecule has 1 saturated carbocycles. The van der Waals surface area contributed by atoms with Crippen LogP contribution in [0.2, 0.25) is 0 Å². The molecule has 0 radical (unpaired) electrons. The standard InChI is InChI=1S/C15H19N3/c1-10-4-5-11(2)14(8-10)18-9-12(3)16-15(18)17-13-6-7-13/h4-5,8-9,13H,6-7H2,1-3H3,(H,16,17). The molecule has 1 aliphatic rings. The molecule has 1 aliphatic carbocycles. The molecule has 0 unspecified atom stereocenters. The Balaban J connectivity index is 2.06. The fourth-order valence-electron chi connectivity index (χ4n) is 2.17. The Bertz CT molecular complexity index is 579. The number of benzene rings is 1. The van der Waals surface area contributed by atoms with Gasteiger partial charge in [-0.2, -0.15) is 0 Å². The molecule has 1 heterocycles. The lowest BCUT2D eigenvalue weighted by Gasteiger charge is -2.12. The first-order valence-corrected chi connectivity index (χ1v) is 6.53. The summed E-state index contributed by atoms with van der Waals surface area (Å²) in [6.45, 7) is 6.31. The Kier molecular flexibility index (Phi) is 2.62. The second-order valence-corrected chi connectivity index (χ2v) is 5.28. The molecule has 1 N–H and O–H groups in total. The van der Waals surface area contributed by atoms with Crippen molar-refractivity contribution in [3.8, 4) is 5.69 Å². The third-order valence-electron chi connectivity index (χ3n) is 3.36. The lowest BCUT2D eigenvalue weighted by molar-refractivity contribution is 0.991. The van der Waals surface area contributed by atoms with E-state index in [1.807, 2.05) is 6.92 Å². The minimum atomic E-state index is 0.621. The molecule has 1 aromatic heterocycles. The van der Waals surface area contributed by atoms with Crippen molar-refractivity contribution in [3.05, 3.63) is 41.2 Å². The maximum atomic E-state index is 4.59. The van der Waals surface area contributed by atoms with Crippen molar-refractivity contribution < 1.29 is 0 Å². The zero-order chi connectivity index (χ0) is 12.7. The summed E-state index contributed by atoms with van der Waals surface area (Å²) in [5.74, 6) is 0.976. The van der Waals surface area contributed by atoms with Crippen molar-refractivity contribution in [2.24, 2.45) is 0 Å². The molecule has 0 aliphatic heterocycles. The van der Waals surface area contributed by atoms with Crippen LogP contribution in [0, 0.1) is 20.8 Å². The van der Waals surface area contributed by atoms with Crippen molar-refractivity contribution >= 4 is 5.95 Å². The Hall–Kier alpha value is -1.77. The highest BCUT2D eigenvalue weighted by Crippen LogP contribution is 2.27. The van der Waals surface area contributed by atoms with E-state index in [9.17, 15) is 0 Å². The van der Waals surface area contributed by atoms with Crippen molar-refractivity contribution in [3.63, 3.8) is 0 Å². The summed E-state index contributed by atoms with van der Waals surface area (Å²) >= 11 is 0. The summed E-state index contributed by atoms with van der Waals surface area (Å²) in [6, 6.07) is 7.15. The lowest BCUT2D eigenvalue weighted by atomic mass is 10.1. The van der Waals surface area contributed by atoms with Crippen LogP contribution in [0.4, 0.5) is 5.95 Å². The first-order chi connectivity index (χ1) is 8.63. The first-order valence-electron chi connectivity index (χ1n) is 6.53. The number of aryl methyl sites for hydroxylation is 3. The van der Waals surface area contributed by atoms with Gasteiger partial charge in [0.15, 0.2) is 0 Å². The van der Waals surface area contributed by atoms with Crippen molar-refractivity contribution in [2.75, 3.05) is 5.32 Å². The number of anilines is 1. The highest BCUT2D eigenvalue weighted by molar-refractivity contribution is 5.50. The molecule has 1 fully saturated rings. The lowest BCUT2D eigenvalue weighted by Crippen LogP contribution is -2.08. The Labute approximate surface area is 108 Å². The zero-order valence-electron chi connectivity index (χ0n) is 11.2. The maximum absolute atomic E-state index is 4.59. The SMILES string of the molecule is Cc1ccc(C)c(-n2cc(C)nc2NC2CC2)c1. The monoisotopic (exact) mass is 241 g/mol. The van der Waals surface area contributed by atoms with Crippen molar-refractivity contribution in [1.29, 1.82) is 0 Å². The van der Waals surface area contributed by atoms with E-state index in [-0.39, 0.29) is 0 Å². The van der Waals surface area contributed by atoms with Gasteiger partial charge < -0.3 is 5.32 Å². The molecule has 0 saturated heterocycles. The average molecular weight is 241 g/mol. The maximum Gasteiger partial charge on any atom is 0.207 e. The van der Waals surface area contributed by atoms with E-state index in [1.165, 1.54) is 29.7 Å². The fraction of sp³-hybridized carbons (Fsp3) is 0.400. The number of nitrogens with zero attached hydrogens (tertiary/aromatic N) is 2. The van der Waals surface area contributed by atoms with E-state index < -0.39 is 0 Å². The van der Waals surface area contributed by atoms with Crippen LogP contribution in [0.15, 0.2) is 24.4 Å². The largest absolute Gasteiger partial charge is 0.353 e. The van der Waals surface area contributed by atoms with Gasteiger partial charge in [0.05, 0.1) is 11.4 Å². The summed E-state index contributed by atoms with van der Waals surface area (Å²) < 4.78 is 2.18. The molecular weight excluding hydrogens is 222 g/mol. The quantitative estimate of drug-likeness (QED) is 0.892. The molecule has 94 valence electrons. The van der Waals surface area contributed by atoms with Gasteiger partial charge in [0.1, 0.15) is 0 Å². The number of rotatable bonds is 3. The van der Waals surface area contributed by atoms with E-state index >= 15 is 0 Å². The normalized spacial score (nSPS) is 14.8. The number of aromatic nitrogens is 2. The Morgan fingerprint density at radius 1 is 1.22 bits per heavy atom. The van der Waals surface area contributed by atoms with Gasteiger partial charge in [-0.1, -0.05) is 12.1 Å². The van der Waals surface area contributed by atoms with Crippen LogP contribution in [0.5, 0.6) is 0 Å². The smallest absolute Gasteiger partial charge is 0.207 e.